The third-order valence-corrected chi connectivity index (χ3v) is 4.35. The van der Waals surface area contributed by atoms with Crippen LogP contribution in [0.5, 0.6) is 11.5 Å². The number of rotatable bonds is 4. The Kier molecular flexibility index (Phi) is 4.25. The molecule has 3 rings (SSSR count). The molecule has 124 valence electrons. The van der Waals surface area contributed by atoms with Gasteiger partial charge < -0.3 is 14.8 Å². The lowest BCUT2D eigenvalue weighted by Crippen LogP contribution is -2.20. The highest BCUT2D eigenvalue weighted by atomic mass is 16.5. The largest absolute Gasteiger partial charge is 0.497 e. The molecule has 0 spiro atoms. The molecule has 0 radical (unpaired) electrons. The Morgan fingerprint density at radius 1 is 1.17 bits per heavy atom. The topological polar surface area (TPSA) is 64.6 Å². The van der Waals surface area contributed by atoms with Crippen LogP contribution in [0.3, 0.4) is 0 Å². The fourth-order valence-corrected chi connectivity index (χ4v) is 3.13. The summed E-state index contributed by atoms with van der Waals surface area (Å²) in [6, 6.07) is 10.7. The van der Waals surface area contributed by atoms with E-state index >= 15 is 0 Å². The smallest absolute Gasteiger partial charge is 0.232 e. The van der Waals surface area contributed by atoms with Crippen molar-refractivity contribution in [2.24, 2.45) is 0 Å². The van der Waals surface area contributed by atoms with Crippen LogP contribution in [0.15, 0.2) is 36.4 Å². The molecule has 0 fully saturated rings. The SMILES string of the molecule is COc1ccc(NC(=O)C2CC(=O)c3cccc(C)c32)c(OC)c1. The first-order valence-electron chi connectivity index (χ1n) is 7.70. The highest BCUT2D eigenvalue weighted by Gasteiger charge is 2.35. The van der Waals surface area contributed by atoms with Gasteiger partial charge in [0.25, 0.3) is 0 Å². The first kappa shape index (κ1) is 16.1. The summed E-state index contributed by atoms with van der Waals surface area (Å²) in [6.45, 7) is 1.92. The minimum atomic E-state index is -0.472. The van der Waals surface area contributed by atoms with Gasteiger partial charge in [0.1, 0.15) is 11.5 Å². The average Bonchev–Trinajstić information content (AvgIpc) is 2.94. The number of carbonyl (C=O) groups is 2. The number of fused-ring (bicyclic) bond motifs is 1. The van der Waals surface area contributed by atoms with Gasteiger partial charge in [-0.05, 0) is 30.2 Å². The Labute approximate surface area is 140 Å². The van der Waals surface area contributed by atoms with E-state index in [1.165, 1.54) is 7.11 Å². The van der Waals surface area contributed by atoms with Crippen LogP contribution < -0.4 is 14.8 Å². The van der Waals surface area contributed by atoms with Gasteiger partial charge in [0.05, 0.1) is 25.8 Å². The number of ketones is 1. The molecule has 5 heteroatoms. The zero-order valence-corrected chi connectivity index (χ0v) is 13.9. The summed E-state index contributed by atoms with van der Waals surface area (Å²) in [5.41, 5.74) is 2.99. The molecular weight excluding hydrogens is 306 g/mol. The van der Waals surface area contributed by atoms with Crippen LogP contribution in [-0.2, 0) is 4.79 Å². The number of ether oxygens (including phenoxy) is 2. The number of aryl methyl sites for hydroxylation is 1. The van der Waals surface area contributed by atoms with Crippen molar-refractivity contribution in [2.75, 3.05) is 19.5 Å². The van der Waals surface area contributed by atoms with Crippen LogP contribution in [0.4, 0.5) is 5.69 Å². The molecule has 2 aromatic carbocycles. The van der Waals surface area contributed by atoms with E-state index in [-0.39, 0.29) is 18.1 Å². The standard InChI is InChI=1S/C19H19NO4/c1-11-5-4-6-13-16(21)10-14(18(11)13)19(22)20-15-8-7-12(23-2)9-17(15)24-3/h4-9,14H,10H2,1-3H3,(H,20,22). The molecule has 0 bridgehead atoms. The molecular formula is C19H19NO4. The third-order valence-electron chi connectivity index (χ3n) is 4.35. The number of anilines is 1. The van der Waals surface area contributed by atoms with E-state index in [1.54, 1.807) is 31.4 Å². The van der Waals surface area contributed by atoms with E-state index in [4.69, 9.17) is 9.47 Å². The second-order valence-electron chi connectivity index (χ2n) is 5.77. The highest BCUT2D eigenvalue weighted by molar-refractivity contribution is 6.10. The molecule has 0 aromatic heterocycles. The van der Waals surface area contributed by atoms with Crippen molar-refractivity contribution in [1.29, 1.82) is 0 Å². The maximum absolute atomic E-state index is 12.7. The van der Waals surface area contributed by atoms with Crippen LogP contribution in [0.1, 0.15) is 33.8 Å². The summed E-state index contributed by atoms with van der Waals surface area (Å²) in [5.74, 6) is 0.482. The summed E-state index contributed by atoms with van der Waals surface area (Å²) < 4.78 is 10.5. The predicted molar refractivity (Wildman–Crippen MR) is 91.0 cm³/mol. The van der Waals surface area contributed by atoms with Gasteiger partial charge >= 0.3 is 0 Å². The summed E-state index contributed by atoms with van der Waals surface area (Å²) >= 11 is 0. The number of nitrogens with one attached hydrogen (secondary N) is 1. The molecule has 1 unspecified atom stereocenters. The second kappa shape index (κ2) is 6.35. The number of benzene rings is 2. The van der Waals surface area contributed by atoms with Gasteiger partial charge in [-0.2, -0.15) is 0 Å². The molecule has 24 heavy (non-hydrogen) atoms. The maximum atomic E-state index is 12.7. The number of hydrogen-bond donors (Lipinski definition) is 1. The lowest BCUT2D eigenvalue weighted by molar-refractivity contribution is -0.117. The van der Waals surface area contributed by atoms with Gasteiger partial charge in [-0.1, -0.05) is 18.2 Å². The first-order valence-corrected chi connectivity index (χ1v) is 7.70. The molecule has 0 saturated heterocycles. The minimum absolute atomic E-state index is 0.00976. The Morgan fingerprint density at radius 3 is 2.67 bits per heavy atom. The second-order valence-corrected chi connectivity index (χ2v) is 5.77. The minimum Gasteiger partial charge on any atom is -0.497 e. The Hall–Kier alpha value is -2.82. The molecule has 2 aromatic rings. The molecule has 1 aliphatic carbocycles. The average molecular weight is 325 g/mol. The summed E-state index contributed by atoms with van der Waals surface area (Å²) in [6.07, 6.45) is 0.199. The Bertz CT molecular complexity index is 813. The van der Waals surface area contributed by atoms with E-state index < -0.39 is 5.92 Å². The number of methoxy groups -OCH3 is 2. The van der Waals surface area contributed by atoms with Gasteiger partial charge in [0.15, 0.2) is 5.78 Å². The summed E-state index contributed by atoms with van der Waals surface area (Å²) in [4.78, 5) is 24.9. The summed E-state index contributed by atoms with van der Waals surface area (Å²) in [5, 5.41) is 2.87. The van der Waals surface area contributed by atoms with E-state index in [0.29, 0.717) is 22.7 Å². The fourth-order valence-electron chi connectivity index (χ4n) is 3.13. The Morgan fingerprint density at radius 2 is 1.96 bits per heavy atom. The molecule has 5 nitrogen and oxygen atoms in total. The zero-order chi connectivity index (χ0) is 17.3. The van der Waals surface area contributed by atoms with Crippen molar-refractivity contribution in [1.82, 2.24) is 0 Å². The quantitative estimate of drug-likeness (QED) is 0.936. The van der Waals surface area contributed by atoms with Crippen molar-refractivity contribution >= 4 is 17.4 Å². The molecule has 1 atom stereocenters. The highest BCUT2D eigenvalue weighted by Crippen LogP contribution is 2.37. The van der Waals surface area contributed by atoms with Crippen LogP contribution in [-0.4, -0.2) is 25.9 Å². The van der Waals surface area contributed by atoms with Gasteiger partial charge in [-0.3, -0.25) is 9.59 Å². The molecule has 1 amide bonds. The van der Waals surface area contributed by atoms with Gasteiger partial charge in [0, 0.05) is 18.1 Å². The monoisotopic (exact) mass is 325 g/mol. The van der Waals surface area contributed by atoms with Crippen LogP contribution >= 0.6 is 0 Å². The van der Waals surface area contributed by atoms with Crippen LogP contribution in [0.25, 0.3) is 0 Å². The van der Waals surface area contributed by atoms with Crippen molar-refractivity contribution in [3.05, 3.63) is 53.1 Å². The maximum Gasteiger partial charge on any atom is 0.232 e. The predicted octanol–water partition coefficient (Wildman–Crippen LogP) is 3.32. The van der Waals surface area contributed by atoms with Crippen molar-refractivity contribution in [2.45, 2.75) is 19.3 Å². The first-order chi connectivity index (χ1) is 11.5. The molecule has 0 saturated carbocycles. The van der Waals surface area contributed by atoms with Crippen molar-refractivity contribution < 1.29 is 19.1 Å². The van der Waals surface area contributed by atoms with E-state index in [1.807, 2.05) is 19.1 Å². The molecule has 1 N–H and O–H groups in total. The zero-order valence-electron chi connectivity index (χ0n) is 13.9. The molecule has 0 aliphatic heterocycles. The van der Waals surface area contributed by atoms with E-state index in [0.717, 1.165) is 11.1 Å². The van der Waals surface area contributed by atoms with Gasteiger partial charge in [0.2, 0.25) is 5.91 Å². The van der Waals surface area contributed by atoms with E-state index in [9.17, 15) is 9.59 Å². The van der Waals surface area contributed by atoms with Gasteiger partial charge in [-0.15, -0.1) is 0 Å². The lowest BCUT2D eigenvalue weighted by Gasteiger charge is -2.16. The van der Waals surface area contributed by atoms with E-state index in [2.05, 4.69) is 5.32 Å². The van der Waals surface area contributed by atoms with Crippen molar-refractivity contribution in [3.63, 3.8) is 0 Å². The normalized spacial score (nSPS) is 15.8. The number of carbonyl (C=O) groups excluding carboxylic acids is 2. The Balaban J connectivity index is 1.89. The number of hydrogen-bond acceptors (Lipinski definition) is 4. The van der Waals surface area contributed by atoms with Gasteiger partial charge in [-0.25, -0.2) is 0 Å². The molecule has 1 aliphatic rings. The van der Waals surface area contributed by atoms with Crippen LogP contribution in [0.2, 0.25) is 0 Å². The fraction of sp³-hybridized carbons (Fsp3) is 0.263. The van der Waals surface area contributed by atoms with Crippen molar-refractivity contribution in [3.8, 4) is 11.5 Å². The lowest BCUT2D eigenvalue weighted by atomic mass is 9.96. The third kappa shape index (κ3) is 2.73. The molecule has 0 heterocycles. The van der Waals surface area contributed by atoms with Crippen LogP contribution in [0, 0.1) is 6.92 Å². The number of Topliss-reactive ketones (excluding diaryl/α,β-unsaturated/α-hetero) is 1. The summed E-state index contributed by atoms with van der Waals surface area (Å²) in [7, 11) is 3.10. The number of amides is 1.